The molecule has 1 fully saturated rings. The summed E-state index contributed by atoms with van der Waals surface area (Å²) in [6, 6.07) is 20.8. The molecule has 5 rings (SSSR count). The van der Waals surface area contributed by atoms with Crippen molar-refractivity contribution >= 4 is 34.0 Å². The van der Waals surface area contributed by atoms with E-state index in [1.54, 1.807) is 42.5 Å². The van der Waals surface area contributed by atoms with Crippen LogP contribution in [0.2, 0.25) is 0 Å². The molecule has 0 saturated carbocycles. The van der Waals surface area contributed by atoms with Gasteiger partial charge in [0.25, 0.3) is 11.7 Å². The predicted octanol–water partition coefficient (Wildman–Crippen LogP) is 4.82. The molecule has 0 aliphatic carbocycles. The SMILES string of the molecule is COc1ccc(OC)c(/C(O)=C2\C(=O)C(=O)N(c3ccccc3)C2c2cn(C)c3ccccc23)c1. The number of nitrogens with zero attached hydrogens (tertiary/aromatic N) is 2. The number of aryl methyl sites for hydroxylation is 1. The van der Waals surface area contributed by atoms with E-state index in [-0.39, 0.29) is 16.9 Å². The Labute approximate surface area is 202 Å². The van der Waals surface area contributed by atoms with Gasteiger partial charge in [-0.3, -0.25) is 14.5 Å². The van der Waals surface area contributed by atoms with Crippen LogP contribution in [-0.4, -0.2) is 35.6 Å². The smallest absolute Gasteiger partial charge is 0.300 e. The number of hydrogen-bond donors (Lipinski definition) is 1. The molecule has 2 heterocycles. The molecule has 0 spiro atoms. The van der Waals surface area contributed by atoms with Gasteiger partial charge in [-0.2, -0.15) is 0 Å². The number of amides is 1. The first kappa shape index (κ1) is 22.3. The third-order valence-corrected chi connectivity index (χ3v) is 6.36. The number of hydrogen-bond acceptors (Lipinski definition) is 5. The Morgan fingerprint density at radius 1 is 0.914 bits per heavy atom. The fraction of sp³-hybridized carbons (Fsp3) is 0.143. The van der Waals surface area contributed by atoms with E-state index in [9.17, 15) is 14.7 Å². The molecule has 1 atom stereocenters. The number of rotatable bonds is 5. The minimum Gasteiger partial charge on any atom is -0.507 e. The number of Topliss-reactive ketones (excluding diaryl/α,β-unsaturated/α-hetero) is 1. The van der Waals surface area contributed by atoms with Crippen LogP contribution in [0.3, 0.4) is 0 Å². The molecule has 1 aromatic heterocycles. The van der Waals surface area contributed by atoms with Gasteiger partial charge in [-0.05, 0) is 36.4 Å². The van der Waals surface area contributed by atoms with E-state index >= 15 is 0 Å². The first-order valence-corrected chi connectivity index (χ1v) is 11.1. The van der Waals surface area contributed by atoms with Gasteiger partial charge in [-0.1, -0.05) is 36.4 Å². The highest BCUT2D eigenvalue weighted by molar-refractivity contribution is 6.52. The van der Waals surface area contributed by atoms with Crippen molar-refractivity contribution in [2.75, 3.05) is 19.1 Å². The Balaban J connectivity index is 1.83. The molecule has 0 bridgehead atoms. The predicted molar refractivity (Wildman–Crippen MR) is 134 cm³/mol. The Hall–Kier alpha value is -4.52. The fourth-order valence-corrected chi connectivity index (χ4v) is 4.72. The minimum absolute atomic E-state index is 0.0123. The van der Waals surface area contributed by atoms with Crippen molar-refractivity contribution in [2.45, 2.75) is 6.04 Å². The molecule has 3 aromatic carbocycles. The molecule has 7 nitrogen and oxygen atoms in total. The molecular weight excluding hydrogens is 444 g/mol. The number of carbonyl (C=O) groups excluding carboxylic acids is 2. The molecule has 1 amide bonds. The number of carbonyl (C=O) groups is 2. The second kappa shape index (κ2) is 8.68. The highest BCUT2D eigenvalue weighted by Crippen LogP contribution is 2.45. The van der Waals surface area contributed by atoms with Gasteiger partial charge in [-0.25, -0.2) is 0 Å². The third-order valence-electron chi connectivity index (χ3n) is 6.36. The number of methoxy groups -OCH3 is 2. The summed E-state index contributed by atoms with van der Waals surface area (Å²) < 4.78 is 12.7. The van der Waals surface area contributed by atoms with Gasteiger partial charge in [0.1, 0.15) is 17.3 Å². The summed E-state index contributed by atoms with van der Waals surface area (Å²) in [4.78, 5) is 28.4. The summed E-state index contributed by atoms with van der Waals surface area (Å²) in [5.74, 6) is -0.973. The van der Waals surface area contributed by atoms with Gasteiger partial charge in [0.05, 0.1) is 31.4 Å². The average molecular weight is 469 g/mol. The summed E-state index contributed by atoms with van der Waals surface area (Å²) in [6.45, 7) is 0. The van der Waals surface area contributed by atoms with Crippen LogP contribution in [-0.2, 0) is 16.6 Å². The number of anilines is 1. The fourth-order valence-electron chi connectivity index (χ4n) is 4.72. The average Bonchev–Trinajstić information content (AvgIpc) is 3.36. The van der Waals surface area contributed by atoms with Crippen LogP contribution in [0, 0.1) is 0 Å². The van der Waals surface area contributed by atoms with Gasteiger partial charge in [0.2, 0.25) is 0 Å². The molecular formula is C28H24N2O5. The lowest BCUT2D eigenvalue weighted by atomic mass is 9.94. The van der Waals surface area contributed by atoms with E-state index in [4.69, 9.17) is 9.47 Å². The second-order valence-corrected chi connectivity index (χ2v) is 8.28. The Morgan fingerprint density at radius 3 is 2.34 bits per heavy atom. The number of para-hydroxylation sites is 2. The maximum atomic E-state index is 13.5. The van der Waals surface area contributed by atoms with Crippen LogP contribution in [0.1, 0.15) is 17.2 Å². The standard InChI is InChI=1S/C28H24N2O5/c1-29-16-21(19-11-7-8-12-22(19)29)25-24(26(31)20-15-18(34-2)13-14-23(20)35-3)27(32)28(33)30(25)17-9-5-4-6-10-17/h4-16,25,31H,1-3H3/b26-24+. The number of aromatic nitrogens is 1. The lowest BCUT2D eigenvalue weighted by molar-refractivity contribution is -0.132. The number of aliphatic hydroxyl groups excluding tert-OH is 1. The number of ether oxygens (including phenoxy) is 2. The first-order chi connectivity index (χ1) is 17.0. The molecule has 35 heavy (non-hydrogen) atoms. The van der Waals surface area contributed by atoms with E-state index in [0.29, 0.717) is 17.2 Å². The van der Waals surface area contributed by atoms with Crippen LogP contribution in [0.25, 0.3) is 16.7 Å². The lowest BCUT2D eigenvalue weighted by Crippen LogP contribution is -2.29. The van der Waals surface area contributed by atoms with Crippen molar-refractivity contribution in [2.24, 2.45) is 7.05 Å². The van der Waals surface area contributed by atoms with Crippen molar-refractivity contribution in [3.05, 3.63) is 95.7 Å². The first-order valence-electron chi connectivity index (χ1n) is 11.1. The molecule has 176 valence electrons. The second-order valence-electron chi connectivity index (χ2n) is 8.28. The van der Waals surface area contributed by atoms with Gasteiger partial charge in [0, 0.05) is 35.4 Å². The molecule has 4 aromatic rings. The zero-order valence-corrected chi connectivity index (χ0v) is 19.6. The summed E-state index contributed by atoms with van der Waals surface area (Å²) in [7, 11) is 4.89. The highest BCUT2D eigenvalue weighted by atomic mass is 16.5. The Morgan fingerprint density at radius 2 is 1.63 bits per heavy atom. The topological polar surface area (TPSA) is 81.0 Å². The zero-order valence-electron chi connectivity index (χ0n) is 19.6. The largest absolute Gasteiger partial charge is 0.507 e. The zero-order chi connectivity index (χ0) is 24.7. The lowest BCUT2D eigenvalue weighted by Gasteiger charge is -2.25. The normalized spacial score (nSPS) is 17.2. The quantitative estimate of drug-likeness (QED) is 0.258. The van der Waals surface area contributed by atoms with Gasteiger partial charge < -0.3 is 19.1 Å². The summed E-state index contributed by atoms with van der Waals surface area (Å²) in [5, 5.41) is 12.4. The third kappa shape index (κ3) is 3.52. The minimum atomic E-state index is -0.848. The molecule has 1 N–H and O–H groups in total. The summed E-state index contributed by atoms with van der Waals surface area (Å²) in [5.41, 5.74) is 2.49. The van der Waals surface area contributed by atoms with E-state index in [2.05, 4.69) is 0 Å². The molecule has 1 unspecified atom stereocenters. The Kier molecular flexibility index (Phi) is 5.53. The van der Waals surface area contributed by atoms with E-state index < -0.39 is 17.7 Å². The van der Waals surface area contributed by atoms with Crippen LogP contribution in [0.15, 0.2) is 84.6 Å². The van der Waals surface area contributed by atoms with Crippen molar-refractivity contribution in [1.29, 1.82) is 0 Å². The number of fused-ring (bicyclic) bond motifs is 1. The van der Waals surface area contributed by atoms with Crippen molar-refractivity contribution in [1.82, 2.24) is 4.57 Å². The van der Waals surface area contributed by atoms with Crippen molar-refractivity contribution < 1.29 is 24.2 Å². The molecule has 1 aliphatic rings. The maximum absolute atomic E-state index is 13.5. The van der Waals surface area contributed by atoms with E-state index in [1.807, 2.05) is 48.1 Å². The van der Waals surface area contributed by atoms with Crippen molar-refractivity contribution in [3.8, 4) is 11.5 Å². The highest BCUT2D eigenvalue weighted by Gasteiger charge is 2.48. The van der Waals surface area contributed by atoms with E-state index in [1.165, 1.54) is 19.1 Å². The van der Waals surface area contributed by atoms with Crippen LogP contribution in [0.5, 0.6) is 11.5 Å². The number of aliphatic hydroxyl groups is 1. The molecule has 7 heteroatoms. The maximum Gasteiger partial charge on any atom is 0.300 e. The van der Waals surface area contributed by atoms with E-state index in [0.717, 1.165) is 16.5 Å². The van der Waals surface area contributed by atoms with Crippen LogP contribution < -0.4 is 14.4 Å². The Bertz CT molecular complexity index is 1490. The van der Waals surface area contributed by atoms with Crippen LogP contribution >= 0.6 is 0 Å². The molecule has 1 aliphatic heterocycles. The monoisotopic (exact) mass is 468 g/mol. The van der Waals surface area contributed by atoms with Crippen molar-refractivity contribution in [3.63, 3.8) is 0 Å². The molecule has 1 saturated heterocycles. The van der Waals surface area contributed by atoms with Gasteiger partial charge in [-0.15, -0.1) is 0 Å². The van der Waals surface area contributed by atoms with Gasteiger partial charge >= 0.3 is 0 Å². The van der Waals surface area contributed by atoms with Crippen LogP contribution in [0.4, 0.5) is 5.69 Å². The van der Waals surface area contributed by atoms with Gasteiger partial charge in [0.15, 0.2) is 0 Å². The number of benzene rings is 3. The molecule has 0 radical (unpaired) electrons. The number of ketones is 1. The summed E-state index contributed by atoms with van der Waals surface area (Å²) in [6.07, 6.45) is 1.90. The summed E-state index contributed by atoms with van der Waals surface area (Å²) >= 11 is 0.